The Morgan fingerprint density at radius 2 is 2.00 bits per heavy atom. The molecule has 0 spiro atoms. The zero-order valence-corrected chi connectivity index (χ0v) is 10.0. The van der Waals surface area contributed by atoms with Crippen LogP contribution in [0.5, 0.6) is 5.75 Å². The number of aliphatic carboxylic acids is 1. The molecule has 0 saturated carbocycles. The monoisotopic (exact) mass is 252 g/mol. The van der Waals surface area contributed by atoms with Crippen LogP contribution < -0.4 is 10.6 Å². The summed E-state index contributed by atoms with van der Waals surface area (Å²) in [5.41, 5.74) is 0.260. The van der Waals surface area contributed by atoms with Gasteiger partial charge in [-0.1, -0.05) is 19.1 Å². The molecule has 0 bridgehead atoms. The van der Waals surface area contributed by atoms with Gasteiger partial charge in [-0.05, 0) is 18.7 Å². The van der Waals surface area contributed by atoms with Crippen LogP contribution in [-0.4, -0.2) is 34.7 Å². The van der Waals surface area contributed by atoms with E-state index in [1.807, 2.05) is 0 Å². The van der Waals surface area contributed by atoms with Crippen molar-refractivity contribution < 1.29 is 19.8 Å². The van der Waals surface area contributed by atoms with Crippen LogP contribution >= 0.6 is 0 Å². The molecule has 18 heavy (non-hydrogen) atoms. The van der Waals surface area contributed by atoms with E-state index >= 15 is 0 Å². The molecule has 6 heteroatoms. The second-order valence-corrected chi connectivity index (χ2v) is 3.71. The number of carbonyl (C=O) groups excluding carboxylic acids is 1. The summed E-state index contributed by atoms with van der Waals surface area (Å²) in [5.74, 6) is -1.61. The summed E-state index contributed by atoms with van der Waals surface area (Å²) in [6.07, 6.45) is -0.312. The normalized spacial score (nSPS) is 11.8. The van der Waals surface area contributed by atoms with Crippen LogP contribution in [0, 0.1) is 0 Å². The fourth-order valence-electron chi connectivity index (χ4n) is 1.48. The summed E-state index contributed by atoms with van der Waals surface area (Å²) in [6, 6.07) is 5.44. The van der Waals surface area contributed by atoms with Crippen LogP contribution in [-0.2, 0) is 9.59 Å². The smallest absolute Gasteiger partial charge is 0.305 e. The van der Waals surface area contributed by atoms with Crippen molar-refractivity contribution >= 4 is 17.6 Å². The second-order valence-electron chi connectivity index (χ2n) is 3.71. The predicted molar refractivity (Wildman–Crippen MR) is 66.5 cm³/mol. The molecule has 0 unspecified atom stereocenters. The van der Waals surface area contributed by atoms with Gasteiger partial charge < -0.3 is 20.8 Å². The van der Waals surface area contributed by atoms with Crippen molar-refractivity contribution in [3.05, 3.63) is 24.3 Å². The fraction of sp³-hybridized carbons (Fsp3) is 0.333. The number of aromatic hydroxyl groups is 1. The molecule has 1 rings (SSSR count). The van der Waals surface area contributed by atoms with Crippen molar-refractivity contribution in [1.29, 1.82) is 0 Å². The summed E-state index contributed by atoms with van der Waals surface area (Å²) in [5, 5.41) is 23.5. The molecule has 1 amide bonds. The quantitative estimate of drug-likeness (QED) is 0.561. The minimum atomic E-state index is -1.06. The van der Waals surface area contributed by atoms with Crippen molar-refractivity contribution in [3.8, 4) is 5.75 Å². The number of likely N-dealkylation sites (N-methyl/N-ethyl adjacent to an activating group) is 1. The molecule has 1 aromatic carbocycles. The maximum absolute atomic E-state index is 11.8. The summed E-state index contributed by atoms with van der Waals surface area (Å²) in [4.78, 5) is 22.5. The summed E-state index contributed by atoms with van der Waals surface area (Å²) >= 11 is 0. The first-order valence-electron chi connectivity index (χ1n) is 5.58. The highest BCUT2D eigenvalue weighted by Crippen LogP contribution is 2.21. The van der Waals surface area contributed by atoms with Crippen LogP contribution in [0.2, 0.25) is 0 Å². The molecule has 0 fully saturated rings. The minimum Gasteiger partial charge on any atom is -0.506 e. The number of carboxylic acids is 1. The van der Waals surface area contributed by atoms with Crippen molar-refractivity contribution in [2.75, 3.05) is 11.9 Å². The number of anilines is 1. The lowest BCUT2D eigenvalue weighted by atomic mass is 10.2. The van der Waals surface area contributed by atoms with E-state index in [0.29, 0.717) is 6.54 Å². The Bertz CT molecular complexity index is 434. The van der Waals surface area contributed by atoms with E-state index in [1.165, 1.54) is 12.1 Å². The summed E-state index contributed by atoms with van der Waals surface area (Å²) in [7, 11) is 0. The van der Waals surface area contributed by atoms with E-state index in [-0.39, 0.29) is 17.9 Å². The van der Waals surface area contributed by atoms with Gasteiger partial charge in [0.15, 0.2) is 0 Å². The van der Waals surface area contributed by atoms with E-state index in [2.05, 4.69) is 10.6 Å². The first-order valence-corrected chi connectivity index (χ1v) is 5.58. The van der Waals surface area contributed by atoms with Crippen LogP contribution in [0.4, 0.5) is 5.69 Å². The van der Waals surface area contributed by atoms with Crippen molar-refractivity contribution in [3.63, 3.8) is 0 Å². The molecular weight excluding hydrogens is 236 g/mol. The van der Waals surface area contributed by atoms with Crippen LogP contribution in [0.25, 0.3) is 0 Å². The van der Waals surface area contributed by atoms with Crippen molar-refractivity contribution in [2.45, 2.75) is 19.4 Å². The lowest BCUT2D eigenvalue weighted by Gasteiger charge is -2.16. The molecular formula is C12H16N2O4. The average Bonchev–Trinajstić information content (AvgIpc) is 2.31. The maximum Gasteiger partial charge on any atom is 0.305 e. The van der Waals surface area contributed by atoms with Gasteiger partial charge in [-0.25, -0.2) is 0 Å². The summed E-state index contributed by atoms with van der Waals surface area (Å²) < 4.78 is 0. The topological polar surface area (TPSA) is 98.7 Å². The van der Waals surface area contributed by atoms with E-state index < -0.39 is 17.9 Å². The Labute approximate surface area is 105 Å². The first-order chi connectivity index (χ1) is 8.54. The number of phenols is 1. The lowest BCUT2D eigenvalue weighted by Crippen LogP contribution is -2.42. The zero-order valence-electron chi connectivity index (χ0n) is 10.0. The molecule has 98 valence electrons. The number of amides is 1. The highest BCUT2D eigenvalue weighted by Gasteiger charge is 2.21. The Kier molecular flexibility index (Phi) is 5.13. The standard InChI is InChI=1S/C12H16N2O4/c1-2-13-9(7-11(16)17)12(18)14-8-5-3-4-6-10(8)15/h3-6,9,13,15H,2,7H2,1H3,(H,14,18)(H,16,17)/t9-/m0/s1. The Hall–Kier alpha value is -2.08. The van der Waals surface area contributed by atoms with E-state index in [1.54, 1.807) is 19.1 Å². The van der Waals surface area contributed by atoms with Gasteiger partial charge in [-0.15, -0.1) is 0 Å². The minimum absolute atomic E-state index is 0.0589. The van der Waals surface area contributed by atoms with Crippen LogP contribution in [0.1, 0.15) is 13.3 Å². The summed E-state index contributed by atoms with van der Waals surface area (Å²) in [6.45, 7) is 2.26. The third-order valence-electron chi connectivity index (χ3n) is 2.31. The Morgan fingerprint density at radius 3 is 2.56 bits per heavy atom. The highest BCUT2D eigenvalue weighted by molar-refractivity contribution is 5.97. The predicted octanol–water partition coefficient (Wildman–Crippen LogP) is 0.783. The van der Waals surface area contributed by atoms with Gasteiger partial charge in [0, 0.05) is 0 Å². The molecule has 0 heterocycles. The molecule has 0 aliphatic rings. The van der Waals surface area contributed by atoms with Gasteiger partial charge in [0.2, 0.25) is 5.91 Å². The van der Waals surface area contributed by atoms with Crippen LogP contribution in [0.15, 0.2) is 24.3 Å². The molecule has 4 N–H and O–H groups in total. The van der Waals surface area contributed by atoms with Gasteiger partial charge in [0.25, 0.3) is 0 Å². The Balaban J connectivity index is 2.72. The number of phenolic OH excluding ortho intramolecular Hbond substituents is 1. The number of para-hydroxylation sites is 2. The largest absolute Gasteiger partial charge is 0.506 e. The maximum atomic E-state index is 11.8. The third-order valence-corrected chi connectivity index (χ3v) is 2.31. The average molecular weight is 252 g/mol. The molecule has 1 aromatic rings. The van der Waals surface area contributed by atoms with E-state index in [9.17, 15) is 14.7 Å². The SMILES string of the molecule is CCN[C@@H](CC(=O)O)C(=O)Nc1ccccc1O. The van der Waals surface area contributed by atoms with Crippen LogP contribution in [0.3, 0.4) is 0 Å². The number of nitrogens with one attached hydrogen (secondary N) is 2. The molecule has 0 aliphatic carbocycles. The van der Waals surface area contributed by atoms with Gasteiger partial charge in [0.1, 0.15) is 5.75 Å². The molecule has 0 aliphatic heterocycles. The van der Waals surface area contributed by atoms with E-state index in [4.69, 9.17) is 5.11 Å². The number of hydrogen-bond acceptors (Lipinski definition) is 4. The first kappa shape index (κ1) is 14.0. The van der Waals surface area contributed by atoms with Crippen molar-refractivity contribution in [1.82, 2.24) is 5.32 Å². The highest BCUT2D eigenvalue weighted by atomic mass is 16.4. The second kappa shape index (κ2) is 6.61. The van der Waals surface area contributed by atoms with Gasteiger partial charge in [-0.3, -0.25) is 9.59 Å². The number of carboxylic acid groups (broad SMARTS) is 1. The lowest BCUT2D eigenvalue weighted by molar-refractivity contribution is -0.139. The number of carbonyl (C=O) groups is 2. The number of rotatable bonds is 6. The molecule has 0 saturated heterocycles. The van der Waals surface area contributed by atoms with Gasteiger partial charge >= 0.3 is 5.97 Å². The number of hydrogen-bond donors (Lipinski definition) is 4. The van der Waals surface area contributed by atoms with Gasteiger partial charge in [0.05, 0.1) is 18.2 Å². The molecule has 6 nitrogen and oxygen atoms in total. The molecule has 0 aromatic heterocycles. The third kappa shape index (κ3) is 4.06. The zero-order chi connectivity index (χ0) is 13.5. The fourth-order valence-corrected chi connectivity index (χ4v) is 1.48. The number of benzene rings is 1. The Morgan fingerprint density at radius 1 is 1.33 bits per heavy atom. The van der Waals surface area contributed by atoms with E-state index in [0.717, 1.165) is 0 Å². The van der Waals surface area contributed by atoms with Gasteiger partial charge in [-0.2, -0.15) is 0 Å². The molecule has 1 atom stereocenters. The molecule has 0 radical (unpaired) electrons. The van der Waals surface area contributed by atoms with Crippen molar-refractivity contribution in [2.24, 2.45) is 0 Å².